The molecular weight excluding hydrogens is 388 g/mol. The Bertz CT molecular complexity index is 629. The zero-order valence-corrected chi connectivity index (χ0v) is 14.1. The monoisotopic (exact) mass is 398 g/mol. The summed E-state index contributed by atoms with van der Waals surface area (Å²) in [6.07, 6.45) is 3.69. The van der Waals surface area contributed by atoms with Crippen LogP contribution in [0.1, 0.15) is 46.7 Å². The van der Waals surface area contributed by atoms with Crippen molar-refractivity contribution in [3.05, 3.63) is 54.6 Å². The molecule has 1 fully saturated rings. The van der Waals surface area contributed by atoms with E-state index in [4.69, 9.17) is 0 Å². The van der Waals surface area contributed by atoms with Crippen molar-refractivity contribution in [1.29, 1.82) is 0 Å². The maximum absolute atomic E-state index is 12.7. The Balaban J connectivity index is 2.02. The second kappa shape index (κ2) is 5.51. The van der Waals surface area contributed by atoms with Gasteiger partial charge in [-0.25, -0.2) is 0 Å². The Labute approximate surface area is 133 Å². The molecule has 1 aromatic heterocycles. The average molecular weight is 400 g/mol. The number of benzene rings is 1. The normalized spacial score (nSPS) is 15.3. The molecule has 1 saturated carbocycles. The van der Waals surface area contributed by atoms with E-state index in [1.165, 1.54) is 36.2 Å². The molecule has 0 amide bonds. The number of thiophene rings is 1. The molecule has 98 valence electrons. The van der Waals surface area contributed by atoms with Gasteiger partial charge in [-0.05, 0) is 62.2 Å². The highest BCUT2D eigenvalue weighted by Crippen LogP contribution is 2.40. The van der Waals surface area contributed by atoms with Gasteiger partial charge in [0.05, 0.1) is 7.57 Å². The molecule has 4 heteroatoms. The van der Waals surface area contributed by atoms with E-state index < -0.39 is 0 Å². The molecule has 1 aliphatic carbocycles. The van der Waals surface area contributed by atoms with Crippen LogP contribution in [0.3, 0.4) is 0 Å². The molecule has 0 spiro atoms. The van der Waals surface area contributed by atoms with Gasteiger partial charge in [-0.15, -0.1) is 11.3 Å². The predicted molar refractivity (Wildman–Crippen MR) is 86.2 cm³/mol. The first-order valence-corrected chi connectivity index (χ1v) is 8.65. The first-order valence-electron chi connectivity index (χ1n) is 6.25. The van der Waals surface area contributed by atoms with Crippen molar-refractivity contribution < 1.29 is 4.79 Å². The van der Waals surface area contributed by atoms with Gasteiger partial charge in [-0.3, -0.25) is 4.79 Å². The lowest BCUT2D eigenvalue weighted by molar-refractivity contribution is 0.103. The Hall–Kier alpha value is -0.450. The Morgan fingerprint density at radius 3 is 2.47 bits per heavy atom. The summed E-state index contributed by atoms with van der Waals surface area (Å²) >= 11 is 8.45. The lowest BCUT2D eigenvalue weighted by Gasteiger charge is -2.27. The van der Waals surface area contributed by atoms with Gasteiger partial charge in [-0.2, -0.15) is 0 Å². The molecule has 3 rings (SSSR count). The molecule has 0 radical (unpaired) electrons. The van der Waals surface area contributed by atoms with Crippen molar-refractivity contribution >= 4 is 49.0 Å². The summed E-state index contributed by atoms with van der Waals surface area (Å²) < 4.78 is 1.87. The first kappa shape index (κ1) is 13.5. The quantitative estimate of drug-likeness (QED) is 0.598. The summed E-state index contributed by atoms with van der Waals surface area (Å²) in [7, 11) is 0. The van der Waals surface area contributed by atoms with E-state index in [9.17, 15) is 4.79 Å². The molecule has 0 N–H and O–H groups in total. The average Bonchev–Trinajstić information content (AvgIpc) is 2.66. The third-order valence-corrected chi connectivity index (χ3v) is 5.99. The minimum atomic E-state index is 0.122. The highest BCUT2D eigenvalue weighted by Gasteiger charge is 2.25. The van der Waals surface area contributed by atoms with E-state index in [-0.39, 0.29) is 5.78 Å². The second-order valence-corrected chi connectivity index (χ2v) is 8.53. The zero-order valence-electron chi connectivity index (χ0n) is 10.2. The van der Waals surface area contributed by atoms with Crippen LogP contribution in [0.4, 0.5) is 0 Å². The smallest absolute Gasteiger partial charge is 0.195 e. The summed E-state index contributed by atoms with van der Waals surface area (Å²) in [6, 6.07) is 9.93. The number of carbonyl (C=O) groups is 1. The van der Waals surface area contributed by atoms with Crippen molar-refractivity contribution in [2.24, 2.45) is 0 Å². The van der Waals surface area contributed by atoms with Crippen molar-refractivity contribution in [1.82, 2.24) is 0 Å². The third kappa shape index (κ3) is 2.58. The molecule has 0 aliphatic heterocycles. The van der Waals surface area contributed by atoms with E-state index >= 15 is 0 Å². The summed E-state index contributed by atoms with van der Waals surface area (Å²) in [5.74, 6) is 0.692. The van der Waals surface area contributed by atoms with Crippen LogP contribution in [-0.4, -0.2) is 5.78 Å². The van der Waals surface area contributed by atoms with Crippen LogP contribution in [0.15, 0.2) is 37.9 Å². The summed E-state index contributed by atoms with van der Waals surface area (Å²) in [4.78, 5) is 12.7. The third-order valence-electron chi connectivity index (χ3n) is 3.65. The van der Waals surface area contributed by atoms with E-state index in [1.807, 2.05) is 24.3 Å². The maximum Gasteiger partial charge on any atom is 0.195 e. The van der Waals surface area contributed by atoms with Gasteiger partial charge < -0.3 is 0 Å². The Morgan fingerprint density at radius 2 is 1.89 bits per heavy atom. The second-order valence-electron chi connectivity index (χ2n) is 4.78. The van der Waals surface area contributed by atoms with E-state index in [0.717, 1.165) is 18.7 Å². The van der Waals surface area contributed by atoms with Gasteiger partial charge in [0.2, 0.25) is 0 Å². The van der Waals surface area contributed by atoms with Crippen LogP contribution in [0, 0.1) is 0 Å². The van der Waals surface area contributed by atoms with Crippen molar-refractivity contribution in [2.45, 2.75) is 25.2 Å². The van der Waals surface area contributed by atoms with Gasteiger partial charge in [0.25, 0.3) is 0 Å². The van der Waals surface area contributed by atoms with Crippen LogP contribution in [0.5, 0.6) is 0 Å². The number of rotatable bonds is 3. The lowest BCUT2D eigenvalue weighted by atomic mass is 9.77. The minimum Gasteiger partial charge on any atom is -0.289 e. The lowest BCUT2D eigenvalue weighted by Crippen LogP contribution is -2.14. The van der Waals surface area contributed by atoms with Gasteiger partial charge in [0.1, 0.15) is 0 Å². The first-order chi connectivity index (χ1) is 9.16. The van der Waals surface area contributed by atoms with Gasteiger partial charge in [0.15, 0.2) is 5.78 Å². The molecule has 19 heavy (non-hydrogen) atoms. The van der Waals surface area contributed by atoms with Crippen molar-refractivity contribution in [2.75, 3.05) is 0 Å². The molecular formula is C15H12Br2OS. The SMILES string of the molecule is O=C(c1ccccc1C1CCC1)c1cc(Br)sc1Br. The van der Waals surface area contributed by atoms with E-state index in [2.05, 4.69) is 37.9 Å². The molecule has 0 atom stereocenters. The fraction of sp³-hybridized carbons (Fsp3) is 0.267. The van der Waals surface area contributed by atoms with Crippen LogP contribution < -0.4 is 0 Å². The molecule has 0 unspecified atom stereocenters. The van der Waals surface area contributed by atoms with Crippen molar-refractivity contribution in [3.63, 3.8) is 0 Å². The fourth-order valence-electron chi connectivity index (χ4n) is 2.42. The topological polar surface area (TPSA) is 17.1 Å². The molecule has 0 bridgehead atoms. The highest BCUT2D eigenvalue weighted by molar-refractivity contribution is 9.12. The largest absolute Gasteiger partial charge is 0.289 e. The molecule has 2 aromatic rings. The minimum absolute atomic E-state index is 0.122. The van der Waals surface area contributed by atoms with E-state index in [0.29, 0.717) is 5.92 Å². The zero-order chi connectivity index (χ0) is 13.4. The van der Waals surface area contributed by atoms with Crippen LogP contribution >= 0.6 is 43.2 Å². The highest BCUT2D eigenvalue weighted by atomic mass is 79.9. The van der Waals surface area contributed by atoms with Gasteiger partial charge in [-0.1, -0.05) is 30.7 Å². The summed E-state index contributed by atoms with van der Waals surface area (Å²) in [5.41, 5.74) is 2.83. The molecule has 1 heterocycles. The Kier molecular flexibility index (Phi) is 3.92. The maximum atomic E-state index is 12.7. The van der Waals surface area contributed by atoms with Crippen LogP contribution in [0.2, 0.25) is 0 Å². The fourth-order valence-corrected chi connectivity index (χ4v) is 5.21. The van der Waals surface area contributed by atoms with E-state index in [1.54, 1.807) is 0 Å². The molecule has 1 aromatic carbocycles. The summed E-state index contributed by atoms with van der Waals surface area (Å²) in [6.45, 7) is 0. The standard InChI is InChI=1S/C15H12Br2OS/c16-13-8-12(15(17)19-13)14(18)11-7-2-1-6-10(11)9-4-3-5-9/h1-2,6-9H,3-5H2. The molecule has 1 nitrogen and oxygen atoms in total. The molecule has 1 aliphatic rings. The molecule has 0 saturated heterocycles. The number of halogens is 2. The Morgan fingerprint density at radius 1 is 1.16 bits per heavy atom. The van der Waals surface area contributed by atoms with Crippen LogP contribution in [0.25, 0.3) is 0 Å². The number of carbonyl (C=O) groups excluding carboxylic acids is 1. The number of hydrogen-bond acceptors (Lipinski definition) is 2. The van der Waals surface area contributed by atoms with Gasteiger partial charge in [0, 0.05) is 11.1 Å². The van der Waals surface area contributed by atoms with Crippen LogP contribution in [-0.2, 0) is 0 Å². The number of hydrogen-bond donors (Lipinski definition) is 0. The van der Waals surface area contributed by atoms with Crippen molar-refractivity contribution in [3.8, 4) is 0 Å². The van der Waals surface area contributed by atoms with Gasteiger partial charge >= 0.3 is 0 Å². The summed E-state index contributed by atoms with van der Waals surface area (Å²) in [5, 5.41) is 0. The number of ketones is 1. The predicted octanol–water partition coefficient (Wildman–Crippen LogP) is 5.77.